The van der Waals surface area contributed by atoms with Gasteiger partial charge < -0.3 is 15.5 Å². The Morgan fingerprint density at radius 2 is 1.84 bits per heavy atom. The second-order valence-electron chi connectivity index (χ2n) is 6.33. The quantitative estimate of drug-likeness (QED) is 0.842. The molecule has 4 nitrogen and oxygen atoms in total. The van der Waals surface area contributed by atoms with Crippen LogP contribution >= 0.6 is 0 Å². The fourth-order valence-electron chi connectivity index (χ4n) is 3.38. The van der Waals surface area contributed by atoms with Gasteiger partial charge in [0.05, 0.1) is 6.04 Å². The summed E-state index contributed by atoms with van der Waals surface area (Å²) in [5.41, 5.74) is 6.16. The summed E-state index contributed by atoms with van der Waals surface area (Å²) in [4.78, 5) is 16.7. The molecule has 1 aliphatic carbocycles. The van der Waals surface area contributed by atoms with E-state index >= 15 is 0 Å². The Kier molecular flexibility index (Phi) is 5.64. The van der Waals surface area contributed by atoms with Gasteiger partial charge in [-0.05, 0) is 32.4 Å². The molecule has 2 fully saturated rings. The number of hydrogen-bond acceptors (Lipinski definition) is 3. The highest BCUT2D eigenvalue weighted by Crippen LogP contribution is 2.27. The molecule has 1 saturated heterocycles. The number of rotatable bonds is 3. The summed E-state index contributed by atoms with van der Waals surface area (Å²) in [5.74, 6) is 0.864. The number of likely N-dealkylation sites (N-methyl/N-ethyl adjacent to an activating group) is 1. The normalized spacial score (nSPS) is 25.1. The molecule has 110 valence electrons. The van der Waals surface area contributed by atoms with Crippen LogP contribution in [0.5, 0.6) is 0 Å². The molecule has 0 radical (unpaired) electrons. The molecule has 0 aromatic carbocycles. The van der Waals surface area contributed by atoms with Gasteiger partial charge in [0.1, 0.15) is 0 Å². The third kappa shape index (κ3) is 4.46. The predicted molar refractivity (Wildman–Crippen MR) is 77.9 cm³/mol. The van der Waals surface area contributed by atoms with Gasteiger partial charge in [0, 0.05) is 19.6 Å². The molecule has 2 N–H and O–H groups in total. The molecule has 1 amide bonds. The van der Waals surface area contributed by atoms with E-state index in [1.807, 2.05) is 4.90 Å². The zero-order chi connectivity index (χ0) is 13.7. The lowest BCUT2D eigenvalue weighted by molar-refractivity contribution is -0.132. The van der Waals surface area contributed by atoms with Crippen molar-refractivity contribution in [1.29, 1.82) is 0 Å². The van der Waals surface area contributed by atoms with Gasteiger partial charge in [-0.15, -0.1) is 0 Å². The zero-order valence-electron chi connectivity index (χ0n) is 12.3. The summed E-state index contributed by atoms with van der Waals surface area (Å²) in [6.07, 6.45) is 8.50. The molecule has 1 aliphatic heterocycles. The monoisotopic (exact) mass is 267 g/mol. The second kappa shape index (κ2) is 7.25. The Hall–Kier alpha value is -0.610. The summed E-state index contributed by atoms with van der Waals surface area (Å²) >= 11 is 0. The van der Waals surface area contributed by atoms with Crippen molar-refractivity contribution >= 4 is 5.91 Å². The van der Waals surface area contributed by atoms with Gasteiger partial charge >= 0.3 is 0 Å². The molecule has 19 heavy (non-hydrogen) atoms. The van der Waals surface area contributed by atoms with Gasteiger partial charge in [0.25, 0.3) is 0 Å². The summed E-state index contributed by atoms with van der Waals surface area (Å²) in [6.45, 7) is 3.78. The summed E-state index contributed by atoms with van der Waals surface area (Å²) < 4.78 is 0. The minimum absolute atomic E-state index is 0.181. The van der Waals surface area contributed by atoms with E-state index in [-0.39, 0.29) is 11.9 Å². The smallest absolute Gasteiger partial charge is 0.239 e. The topological polar surface area (TPSA) is 49.6 Å². The fraction of sp³-hybridized carbons (Fsp3) is 0.933. The van der Waals surface area contributed by atoms with Gasteiger partial charge in [-0.25, -0.2) is 0 Å². The maximum absolute atomic E-state index is 12.4. The summed E-state index contributed by atoms with van der Waals surface area (Å²) in [7, 11) is 2.12. The molecule has 1 atom stereocenters. The van der Waals surface area contributed by atoms with Gasteiger partial charge in [-0.2, -0.15) is 0 Å². The standard InChI is InChI=1S/C15H29N3O/c1-17-8-5-9-18(11-10-17)15(19)14(16)12-13-6-3-2-4-7-13/h13-14H,2-12,16H2,1H3. The van der Waals surface area contributed by atoms with Crippen molar-refractivity contribution in [2.75, 3.05) is 33.2 Å². The van der Waals surface area contributed by atoms with Gasteiger partial charge in [-0.3, -0.25) is 4.79 Å². The fourth-order valence-corrected chi connectivity index (χ4v) is 3.38. The highest BCUT2D eigenvalue weighted by Gasteiger charge is 2.26. The Bertz CT molecular complexity index is 289. The van der Waals surface area contributed by atoms with Crippen molar-refractivity contribution in [2.45, 2.75) is 51.0 Å². The van der Waals surface area contributed by atoms with Crippen molar-refractivity contribution in [2.24, 2.45) is 11.7 Å². The average Bonchev–Trinajstić information content (AvgIpc) is 2.64. The van der Waals surface area contributed by atoms with E-state index in [9.17, 15) is 4.79 Å². The van der Waals surface area contributed by atoms with Crippen molar-refractivity contribution in [3.05, 3.63) is 0 Å². The van der Waals surface area contributed by atoms with E-state index in [0.717, 1.165) is 39.0 Å². The number of hydrogen-bond donors (Lipinski definition) is 1. The minimum atomic E-state index is -0.272. The van der Waals surface area contributed by atoms with Crippen LogP contribution in [0.4, 0.5) is 0 Å². The van der Waals surface area contributed by atoms with Gasteiger partial charge in [-0.1, -0.05) is 32.1 Å². The highest BCUT2D eigenvalue weighted by molar-refractivity contribution is 5.81. The SMILES string of the molecule is CN1CCCN(C(=O)C(N)CC2CCCCC2)CC1. The Balaban J connectivity index is 1.80. The Labute approximate surface area is 117 Å². The molecule has 0 bridgehead atoms. The Morgan fingerprint density at radius 1 is 1.11 bits per heavy atom. The first kappa shape index (κ1) is 14.8. The maximum atomic E-state index is 12.4. The third-order valence-corrected chi connectivity index (χ3v) is 4.66. The van der Waals surface area contributed by atoms with Crippen LogP contribution in [-0.4, -0.2) is 55.0 Å². The lowest BCUT2D eigenvalue weighted by Gasteiger charge is -2.28. The first-order valence-corrected chi connectivity index (χ1v) is 7.89. The van der Waals surface area contributed by atoms with Crippen molar-refractivity contribution in [1.82, 2.24) is 9.80 Å². The summed E-state index contributed by atoms with van der Waals surface area (Å²) in [6, 6.07) is -0.272. The first-order chi connectivity index (χ1) is 9.16. The van der Waals surface area contributed by atoms with Gasteiger partial charge in [0.2, 0.25) is 5.91 Å². The van der Waals surface area contributed by atoms with E-state index in [2.05, 4.69) is 11.9 Å². The van der Waals surface area contributed by atoms with E-state index < -0.39 is 0 Å². The average molecular weight is 267 g/mol. The van der Waals surface area contributed by atoms with Crippen LogP contribution in [-0.2, 0) is 4.79 Å². The maximum Gasteiger partial charge on any atom is 0.239 e. The van der Waals surface area contributed by atoms with E-state index in [0.29, 0.717) is 5.92 Å². The van der Waals surface area contributed by atoms with Crippen LogP contribution in [0.3, 0.4) is 0 Å². The molecule has 0 spiro atoms. The number of nitrogens with two attached hydrogens (primary N) is 1. The molecule has 2 rings (SSSR count). The van der Waals surface area contributed by atoms with E-state index in [1.54, 1.807) is 0 Å². The Morgan fingerprint density at radius 3 is 2.58 bits per heavy atom. The van der Waals surface area contributed by atoms with Crippen molar-refractivity contribution in [3.8, 4) is 0 Å². The predicted octanol–water partition coefficient (Wildman–Crippen LogP) is 1.45. The number of nitrogens with zero attached hydrogens (tertiary/aromatic N) is 2. The lowest BCUT2D eigenvalue weighted by Crippen LogP contribution is -2.46. The number of carbonyl (C=O) groups is 1. The highest BCUT2D eigenvalue weighted by atomic mass is 16.2. The lowest BCUT2D eigenvalue weighted by atomic mass is 9.85. The van der Waals surface area contributed by atoms with Gasteiger partial charge in [0.15, 0.2) is 0 Å². The first-order valence-electron chi connectivity index (χ1n) is 7.89. The van der Waals surface area contributed by atoms with Crippen LogP contribution in [0.1, 0.15) is 44.9 Å². The minimum Gasteiger partial charge on any atom is -0.340 e. The zero-order valence-corrected chi connectivity index (χ0v) is 12.3. The van der Waals surface area contributed by atoms with Crippen LogP contribution in [0.2, 0.25) is 0 Å². The van der Waals surface area contributed by atoms with Crippen LogP contribution < -0.4 is 5.73 Å². The molecule has 0 aromatic rings. The molecule has 1 saturated carbocycles. The molecule has 1 unspecified atom stereocenters. The van der Waals surface area contributed by atoms with Crippen LogP contribution in [0.25, 0.3) is 0 Å². The summed E-state index contributed by atoms with van der Waals surface area (Å²) in [5, 5.41) is 0. The van der Waals surface area contributed by atoms with E-state index in [1.165, 1.54) is 32.1 Å². The second-order valence-corrected chi connectivity index (χ2v) is 6.33. The molecule has 4 heteroatoms. The number of carbonyl (C=O) groups excluding carboxylic acids is 1. The van der Waals surface area contributed by atoms with E-state index in [4.69, 9.17) is 5.73 Å². The molecule has 1 heterocycles. The van der Waals surface area contributed by atoms with Crippen LogP contribution in [0.15, 0.2) is 0 Å². The molecular weight excluding hydrogens is 238 g/mol. The third-order valence-electron chi connectivity index (χ3n) is 4.66. The largest absolute Gasteiger partial charge is 0.340 e. The number of amides is 1. The van der Waals surface area contributed by atoms with Crippen LogP contribution in [0, 0.1) is 5.92 Å². The van der Waals surface area contributed by atoms with Crippen molar-refractivity contribution < 1.29 is 4.79 Å². The molecule has 2 aliphatic rings. The molecule has 0 aromatic heterocycles. The molecular formula is C15H29N3O. The van der Waals surface area contributed by atoms with Crippen molar-refractivity contribution in [3.63, 3.8) is 0 Å².